The molecule has 6 heteroatoms. The van der Waals surface area contributed by atoms with Gasteiger partial charge in [-0.05, 0) is 12.5 Å². The molecule has 0 amide bonds. The van der Waals surface area contributed by atoms with Crippen LogP contribution in [0.15, 0.2) is 18.3 Å². The third-order valence-electron chi connectivity index (χ3n) is 2.10. The molecular formula is C11H12N2O4. The van der Waals surface area contributed by atoms with Crippen molar-refractivity contribution < 1.29 is 14.5 Å². The number of methoxy groups -OCH3 is 1. The van der Waals surface area contributed by atoms with Gasteiger partial charge in [0.25, 0.3) is 5.69 Å². The first-order chi connectivity index (χ1) is 8.04. The molecule has 0 aliphatic heterocycles. The van der Waals surface area contributed by atoms with Gasteiger partial charge in [0, 0.05) is 12.3 Å². The number of aryl methyl sites for hydroxylation is 1. The van der Waals surface area contributed by atoms with E-state index in [4.69, 9.17) is 0 Å². The standard InChI is InChI=1S/C11H12N2O4/c1-8-10(13(15)16)6-9(7-12-8)4-3-5-11(14)17-2/h3-4,6-7H,5H2,1-2H3. The second-order valence-corrected chi connectivity index (χ2v) is 3.31. The predicted octanol–water partition coefficient (Wildman–Crippen LogP) is 1.87. The second kappa shape index (κ2) is 5.74. The van der Waals surface area contributed by atoms with E-state index in [-0.39, 0.29) is 18.1 Å². The van der Waals surface area contributed by atoms with Gasteiger partial charge in [0.05, 0.1) is 18.5 Å². The van der Waals surface area contributed by atoms with Gasteiger partial charge < -0.3 is 4.74 Å². The fourth-order valence-electron chi connectivity index (χ4n) is 1.19. The van der Waals surface area contributed by atoms with Crippen LogP contribution in [0.3, 0.4) is 0 Å². The maximum Gasteiger partial charge on any atom is 0.309 e. The average Bonchev–Trinajstić information content (AvgIpc) is 2.30. The van der Waals surface area contributed by atoms with Crippen molar-refractivity contribution in [3.63, 3.8) is 0 Å². The van der Waals surface area contributed by atoms with E-state index in [0.717, 1.165) is 0 Å². The molecule has 1 rings (SSSR count). The topological polar surface area (TPSA) is 82.3 Å². The zero-order valence-corrected chi connectivity index (χ0v) is 9.54. The molecule has 6 nitrogen and oxygen atoms in total. The smallest absolute Gasteiger partial charge is 0.309 e. The van der Waals surface area contributed by atoms with Crippen LogP contribution in [0.2, 0.25) is 0 Å². The minimum absolute atomic E-state index is 0.0368. The molecule has 90 valence electrons. The Morgan fingerprint density at radius 2 is 2.35 bits per heavy atom. The van der Waals surface area contributed by atoms with E-state index in [1.165, 1.54) is 19.4 Å². The number of carbonyl (C=O) groups excluding carboxylic acids is 1. The highest BCUT2D eigenvalue weighted by molar-refractivity contribution is 5.72. The molecule has 0 N–H and O–H groups in total. The number of nitrogens with zero attached hydrogens (tertiary/aromatic N) is 2. The van der Waals surface area contributed by atoms with Gasteiger partial charge in [-0.1, -0.05) is 12.2 Å². The summed E-state index contributed by atoms with van der Waals surface area (Å²) in [6, 6.07) is 1.41. The van der Waals surface area contributed by atoms with E-state index in [9.17, 15) is 14.9 Å². The Kier molecular flexibility index (Phi) is 4.33. The van der Waals surface area contributed by atoms with E-state index in [0.29, 0.717) is 11.3 Å². The van der Waals surface area contributed by atoms with Gasteiger partial charge in [0.1, 0.15) is 5.69 Å². The van der Waals surface area contributed by atoms with E-state index in [1.807, 2.05) is 0 Å². The number of nitro groups is 1. The summed E-state index contributed by atoms with van der Waals surface area (Å²) in [5.74, 6) is -0.365. The van der Waals surface area contributed by atoms with Crippen LogP contribution in [-0.2, 0) is 9.53 Å². The lowest BCUT2D eigenvalue weighted by Gasteiger charge is -1.97. The number of esters is 1. The van der Waals surface area contributed by atoms with Crippen LogP contribution in [0.25, 0.3) is 6.08 Å². The highest BCUT2D eigenvalue weighted by Crippen LogP contribution is 2.17. The summed E-state index contributed by atoms with van der Waals surface area (Å²) in [6.07, 6.45) is 4.80. The lowest BCUT2D eigenvalue weighted by molar-refractivity contribution is -0.385. The molecule has 0 aliphatic carbocycles. The Hall–Kier alpha value is -2.24. The van der Waals surface area contributed by atoms with E-state index in [1.54, 1.807) is 19.1 Å². The maximum absolute atomic E-state index is 10.8. The van der Waals surface area contributed by atoms with E-state index >= 15 is 0 Å². The molecule has 0 aromatic carbocycles. The monoisotopic (exact) mass is 236 g/mol. The van der Waals surface area contributed by atoms with Crippen molar-refractivity contribution in [2.45, 2.75) is 13.3 Å². The summed E-state index contributed by atoms with van der Waals surface area (Å²) in [4.78, 5) is 24.9. The number of rotatable bonds is 4. The van der Waals surface area contributed by atoms with Crippen molar-refractivity contribution in [1.29, 1.82) is 0 Å². The van der Waals surface area contributed by atoms with Crippen LogP contribution in [0.5, 0.6) is 0 Å². The lowest BCUT2D eigenvalue weighted by atomic mass is 10.2. The molecule has 0 saturated heterocycles. The summed E-state index contributed by atoms with van der Waals surface area (Å²) >= 11 is 0. The van der Waals surface area contributed by atoms with Gasteiger partial charge in [-0.3, -0.25) is 19.9 Å². The van der Waals surface area contributed by atoms with Crippen LogP contribution in [0.1, 0.15) is 17.7 Å². The first-order valence-corrected chi connectivity index (χ1v) is 4.89. The van der Waals surface area contributed by atoms with Crippen LogP contribution >= 0.6 is 0 Å². The Balaban J connectivity index is 2.82. The zero-order valence-electron chi connectivity index (χ0n) is 9.54. The van der Waals surface area contributed by atoms with Gasteiger partial charge >= 0.3 is 5.97 Å². The van der Waals surface area contributed by atoms with Gasteiger partial charge in [0.15, 0.2) is 0 Å². The number of ether oxygens (including phenoxy) is 1. The number of aromatic nitrogens is 1. The molecule has 1 heterocycles. The molecule has 1 aromatic rings. The fourth-order valence-corrected chi connectivity index (χ4v) is 1.19. The van der Waals surface area contributed by atoms with Crippen LogP contribution in [0, 0.1) is 17.0 Å². The third-order valence-corrected chi connectivity index (χ3v) is 2.10. The Morgan fingerprint density at radius 3 is 2.94 bits per heavy atom. The molecule has 0 radical (unpaired) electrons. The summed E-state index contributed by atoms with van der Waals surface area (Å²) in [5, 5.41) is 10.7. The van der Waals surface area contributed by atoms with Crippen molar-refractivity contribution in [2.75, 3.05) is 7.11 Å². The van der Waals surface area contributed by atoms with E-state index < -0.39 is 4.92 Å². The summed E-state index contributed by atoms with van der Waals surface area (Å²) in [6.45, 7) is 1.57. The van der Waals surface area contributed by atoms with Crippen molar-refractivity contribution in [3.8, 4) is 0 Å². The maximum atomic E-state index is 10.8. The Bertz CT molecular complexity index is 469. The molecule has 0 unspecified atom stereocenters. The van der Waals surface area contributed by atoms with Gasteiger partial charge in [-0.25, -0.2) is 0 Å². The molecule has 0 atom stereocenters. The van der Waals surface area contributed by atoms with Crippen molar-refractivity contribution in [1.82, 2.24) is 4.98 Å². The molecule has 0 fully saturated rings. The highest BCUT2D eigenvalue weighted by Gasteiger charge is 2.11. The minimum Gasteiger partial charge on any atom is -0.469 e. The molecule has 0 saturated carbocycles. The van der Waals surface area contributed by atoms with Crippen LogP contribution in [-0.4, -0.2) is 23.0 Å². The molecule has 1 aromatic heterocycles. The SMILES string of the molecule is COC(=O)CC=Cc1cnc(C)c([N+](=O)[O-])c1. The molecule has 0 aliphatic rings. The second-order valence-electron chi connectivity index (χ2n) is 3.31. The summed E-state index contributed by atoms with van der Waals surface area (Å²) in [5.41, 5.74) is 0.900. The average molecular weight is 236 g/mol. The first-order valence-electron chi connectivity index (χ1n) is 4.89. The molecule has 0 spiro atoms. The predicted molar refractivity (Wildman–Crippen MR) is 61.3 cm³/mol. The van der Waals surface area contributed by atoms with Gasteiger partial charge in [0.2, 0.25) is 0 Å². The molecule has 0 bridgehead atoms. The first kappa shape index (κ1) is 12.8. The van der Waals surface area contributed by atoms with Gasteiger partial charge in [-0.15, -0.1) is 0 Å². The highest BCUT2D eigenvalue weighted by atomic mass is 16.6. The minimum atomic E-state index is -0.486. The lowest BCUT2D eigenvalue weighted by Crippen LogP contribution is -1.97. The van der Waals surface area contributed by atoms with Crippen molar-refractivity contribution in [3.05, 3.63) is 39.7 Å². The third kappa shape index (κ3) is 3.67. The van der Waals surface area contributed by atoms with Crippen LogP contribution < -0.4 is 0 Å². The number of carbonyl (C=O) groups is 1. The fraction of sp³-hybridized carbons (Fsp3) is 0.273. The Morgan fingerprint density at radius 1 is 1.65 bits per heavy atom. The summed E-state index contributed by atoms with van der Waals surface area (Å²) < 4.78 is 4.46. The Labute approximate surface area is 98.1 Å². The van der Waals surface area contributed by atoms with Gasteiger partial charge in [-0.2, -0.15) is 0 Å². The number of hydrogen-bond donors (Lipinski definition) is 0. The summed E-state index contributed by atoms with van der Waals surface area (Å²) in [7, 11) is 1.30. The van der Waals surface area contributed by atoms with E-state index in [2.05, 4.69) is 9.72 Å². The van der Waals surface area contributed by atoms with Crippen LogP contribution in [0.4, 0.5) is 5.69 Å². The normalized spacial score (nSPS) is 10.5. The molecule has 17 heavy (non-hydrogen) atoms. The number of pyridine rings is 1. The molecular weight excluding hydrogens is 224 g/mol. The number of hydrogen-bond acceptors (Lipinski definition) is 5. The zero-order chi connectivity index (χ0) is 12.8. The largest absolute Gasteiger partial charge is 0.469 e. The van der Waals surface area contributed by atoms with Crippen molar-refractivity contribution >= 4 is 17.7 Å². The quantitative estimate of drug-likeness (QED) is 0.452. The van der Waals surface area contributed by atoms with Crippen molar-refractivity contribution in [2.24, 2.45) is 0 Å².